The molecule has 2 aromatic carbocycles. The zero-order valence-electron chi connectivity index (χ0n) is 19.6. The standard InChI is InChI=1S/C26H28N6O3/c1-34-15-14-32-13-12-20-22(32)9-5-10-23(20)35-17-25(33)29-26-28-24(30-31-26)11-4-6-18-16-27-21-8-3-2-7-19(18)21/h2-3,5,7-10,12-13,16,27H,4,6,11,14-15,17H2,1H3,(H2,28,29,30,31,33). The zero-order chi connectivity index (χ0) is 24.0. The Morgan fingerprint density at radius 1 is 1.09 bits per heavy atom. The van der Waals surface area contributed by atoms with E-state index in [1.54, 1.807) is 7.11 Å². The highest BCUT2D eigenvalue weighted by Gasteiger charge is 2.12. The number of hydrogen-bond acceptors (Lipinski definition) is 5. The summed E-state index contributed by atoms with van der Waals surface area (Å²) in [5, 5.41) is 11.9. The highest BCUT2D eigenvalue weighted by atomic mass is 16.5. The van der Waals surface area contributed by atoms with E-state index in [2.05, 4.69) is 48.4 Å². The molecule has 0 aliphatic carbocycles. The number of anilines is 1. The van der Waals surface area contributed by atoms with Crippen molar-refractivity contribution in [3.05, 3.63) is 72.3 Å². The summed E-state index contributed by atoms with van der Waals surface area (Å²) in [5.41, 5.74) is 3.47. The number of methoxy groups -OCH3 is 1. The first kappa shape index (κ1) is 22.7. The van der Waals surface area contributed by atoms with E-state index in [1.165, 1.54) is 10.9 Å². The Balaban J connectivity index is 1.12. The molecule has 0 saturated heterocycles. The van der Waals surface area contributed by atoms with Gasteiger partial charge in [-0.25, -0.2) is 0 Å². The van der Waals surface area contributed by atoms with Crippen LogP contribution >= 0.6 is 0 Å². The molecule has 5 rings (SSSR count). The van der Waals surface area contributed by atoms with Crippen LogP contribution in [-0.4, -0.2) is 51.0 Å². The molecule has 0 radical (unpaired) electrons. The number of H-pyrrole nitrogens is 2. The van der Waals surface area contributed by atoms with Gasteiger partial charge >= 0.3 is 0 Å². The summed E-state index contributed by atoms with van der Waals surface area (Å²) in [5.74, 6) is 1.33. The van der Waals surface area contributed by atoms with E-state index in [-0.39, 0.29) is 18.5 Å². The van der Waals surface area contributed by atoms with E-state index in [9.17, 15) is 4.79 Å². The van der Waals surface area contributed by atoms with E-state index in [4.69, 9.17) is 9.47 Å². The number of benzene rings is 2. The molecule has 180 valence electrons. The van der Waals surface area contributed by atoms with Crippen LogP contribution in [0.1, 0.15) is 17.8 Å². The minimum atomic E-state index is -0.315. The number of nitrogens with one attached hydrogen (secondary N) is 3. The second-order valence-corrected chi connectivity index (χ2v) is 8.35. The highest BCUT2D eigenvalue weighted by Crippen LogP contribution is 2.26. The van der Waals surface area contributed by atoms with Crippen LogP contribution in [0.5, 0.6) is 5.75 Å². The summed E-state index contributed by atoms with van der Waals surface area (Å²) >= 11 is 0. The Morgan fingerprint density at radius 3 is 2.91 bits per heavy atom. The van der Waals surface area contributed by atoms with Crippen LogP contribution in [0.4, 0.5) is 5.95 Å². The number of hydrogen-bond donors (Lipinski definition) is 3. The topological polar surface area (TPSA) is 110 Å². The molecule has 5 aromatic rings. The average molecular weight is 473 g/mol. The summed E-state index contributed by atoms with van der Waals surface area (Å²) in [6.45, 7) is 1.24. The largest absolute Gasteiger partial charge is 0.483 e. The fourth-order valence-corrected chi connectivity index (χ4v) is 4.26. The highest BCUT2D eigenvalue weighted by molar-refractivity contribution is 5.91. The Bertz CT molecular complexity index is 1430. The second kappa shape index (κ2) is 10.4. The van der Waals surface area contributed by atoms with Crippen LogP contribution in [0.15, 0.2) is 60.9 Å². The van der Waals surface area contributed by atoms with Gasteiger partial charge in [0.25, 0.3) is 5.91 Å². The van der Waals surface area contributed by atoms with Crippen molar-refractivity contribution in [1.29, 1.82) is 0 Å². The first-order valence-electron chi connectivity index (χ1n) is 11.7. The molecule has 0 unspecified atom stereocenters. The number of fused-ring (bicyclic) bond motifs is 2. The number of carbonyl (C=O) groups is 1. The summed E-state index contributed by atoms with van der Waals surface area (Å²) in [4.78, 5) is 20.1. The van der Waals surface area contributed by atoms with E-state index in [1.807, 2.05) is 42.6 Å². The normalized spacial score (nSPS) is 11.3. The number of rotatable bonds is 11. The molecule has 0 bridgehead atoms. The summed E-state index contributed by atoms with van der Waals surface area (Å²) in [6.07, 6.45) is 6.64. The summed E-state index contributed by atoms with van der Waals surface area (Å²) in [6, 6.07) is 16.1. The number of ether oxygens (including phenoxy) is 2. The molecule has 3 heterocycles. The van der Waals surface area contributed by atoms with Gasteiger partial charge in [0.2, 0.25) is 5.95 Å². The first-order valence-corrected chi connectivity index (χ1v) is 11.7. The van der Waals surface area contributed by atoms with Crippen LogP contribution in [0, 0.1) is 0 Å². The second-order valence-electron chi connectivity index (χ2n) is 8.35. The SMILES string of the molecule is COCCn1ccc2c(OCC(=O)Nc3n[nH]c(CCCc4c[nH]c5ccccc45)n3)cccc21. The fraction of sp³-hybridized carbons (Fsp3) is 0.269. The fourth-order valence-electron chi connectivity index (χ4n) is 4.26. The van der Waals surface area contributed by atoms with Gasteiger partial charge < -0.3 is 19.0 Å². The van der Waals surface area contributed by atoms with Crippen LogP contribution in [0.3, 0.4) is 0 Å². The number of para-hydroxylation sites is 1. The molecule has 0 saturated carbocycles. The lowest BCUT2D eigenvalue weighted by atomic mass is 10.1. The Kier molecular flexibility index (Phi) is 6.76. The third kappa shape index (κ3) is 5.20. The van der Waals surface area contributed by atoms with Crippen LogP contribution in [-0.2, 0) is 28.9 Å². The third-order valence-corrected chi connectivity index (χ3v) is 5.99. The lowest BCUT2D eigenvalue weighted by molar-refractivity contribution is -0.118. The Labute approximate surface area is 202 Å². The smallest absolute Gasteiger partial charge is 0.264 e. The van der Waals surface area contributed by atoms with E-state index in [0.717, 1.165) is 48.1 Å². The maximum atomic E-state index is 12.4. The van der Waals surface area contributed by atoms with Crippen molar-refractivity contribution in [2.24, 2.45) is 0 Å². The van der Waals surface area contributed by atoms with E-state index in [0.29, 0.717) is 12.4 Å². The predicted molar refractivity (Wildman–Crippen MR) is 135 cm³/mol. The summed E-state index contributed by atoms with van der Waals surface area (Å²) < 4.78 is 13.1. The van der Waals surface area contributed by atoms with Gasteiger partial charge in [0.1, 0.15) is 11.6 Å². The number of aryl methyl sites for hydroxylation is 2. The number of amides is 1. The van der Waals surface area contributed by atoms with Crippen LogP contribution in [0.25, 0.3) is 21.8 Å². The Hall–Kier alpha value is -4.11. The van der Waals surface area contributed by atoms with Crippen molar-refractivity contribution in [3.8, 4) is 5.75 Å². The molecule has 9 heteroatoms. The quantitative estimate of drug-likeness (QED) is 0.268. The van der Waals surface area contributed by atoms with Crippen molar-refractivity contribution < 1.29 is 14.3 Å². The van der Waals surface area contributed by atoms with Crippen molar-refractivity contribution in [3.63, 3.8) is 0 Å². The number of nitrogens with zero attached hydrogens (tertiary/aromatic N) is 3. The van der Waals surface area contributed by atoms with Gasteiger partial charge in [0.15, 0.2) is 6.61 Å². The molecular weight excluding hydrogens is 444 g/mol. The molecule has 3 N–H and O–H groups in total. The van der Waals surface area contributed by atoms with Gasteiger partial charge in [-0.15, -0.1) is 5.10 Å². The molecule has 9 nitrogen and oxygen atoms in total. The number of aromatic nitrogens is 5. The molecule has 1 amide bonds. The van der Waals surface area contributed by atoms with Gasteiger partial charge in [-0.3, -0.25) is 15.2 Å². The molecule has 0 fully saturated rings. The minimum Gasteiger partial charge on any atom is -0.483 e. The van der Waals surface area contributed by atoms with E-state index >= 15 is 0 Å². The van der Waals surface area contributed by atoms with Gasteiger partial charge in [-0.2, -0.15) is 4.98 Å². The predicted octanol–water partition coefficient (Wildman–Crippen LogP) is 4.08. The maximum absolute atomic E-state index is 12.4. The molecule has 0 spiro atoms. The van der Waals surface area contributed by atoms with Crippen LogP contribution < -0.4 is 10.1 Å². The molecule has 35 heavy (non-hydrogen) atoms. The maximum Gasteiger partial charge on any atom is 0.264 e. The lowest BCUT2D eigenvalue weighted by Gasteiger charge is -2.08. The van der Waals surface area contributed by atoms with Crippen molar-refractivity contribution >= 4 is 33.7 Å². The average Bonchev–Trinajstić information content (AvgIpc) is 3.61. The lowest BCUT2D eigenvalue weighted by Crippen LogP contribution is -2.21. The monoisotopic (exact) mass is 472 g/mol. The van der Waals surface area contributed by atoms with Crippen molar-refractivity contribution in [1.82, 2.24) is 24.7 Å². The van der Waals surface area contributed by atoms with E-state index < -0.39 is 0 Å². The molecule has 0 aliphatic heterocycles. The van der Waals surface area contributed by atoms with Crippen molar-refractivity contribution in [2.75, 3.05) is 25.6 Å². The first-order chi connectivity index (χ1) is 17.2. The Morgan fingerprint density at radius 2 is 2.00 bits per heavy atom. The van der Waals surface area contributed by atoms with Gasteiger partial charge in [-0.1, -0.05) is 24.3 Å². The van der Waals surface area contributed by atoms with Crippen molar-refractivity contribution in [2.45, 2.75) is 25.8 Å². The minimum absolute atomic E-state index is 0.132. The van der Waals surface area contributed by atoms with Crippen LogP contribution in [0.2, 0.25) is 0 Å². The number of aromatic amines is 2. The third-order valence-electron chi connectivity index (χ3n) is 5.99. The molecular formula is C26H28N6O3. The molecule has 3 aromatic heterocycles. The summed E-state index contributed by atoms with van der Waals surface area (Å²) in [7, 11) is 1.68. The van der Waals surface area contributed by atoms with Gasteiger partial charge in [-0.05, 0) is 42.7 Å². The zero-order valence-corrected chi connectivity index (χ0v) is 19.6. The van der Waals surface area contributed by atoms with Gasteiger partial charge in [0.05, 0.1) is 12.1 Å². The number of carbonyl (C=O) groups excluding carboxylic acids is 1. The molecule has 0 aliphatic rings. The van der Waals surface area contributed by atoms with Gasteiger partial charge in [0, 0.05) is 48.8 Å². The molecule has 0 atom stereocenters.